The molecule has 0 spiro atoms. The molecule has 1 aliphatic rings. The molecule has 1 heterocycles. The van der Waals surface area contributed by atoms with Crippen molar-refractivity contribution < 1.29 is 14.2 Å². The SMILES string of the molecule is COCOC[C@H]1OCCC[C@H]1S. The van der Waals surface area contributed by atoms with Crippen molar-refractivity contribution in [3.63, 3.8) is 0 Å². The van der Waals surface area contributed by atoms with Crippen LogP contribution < -0.4 is 0 Å². The average molecular weight is 192 g/mol. The number of thiol groups is 1. The van der Waals surface area contributed by atoms with Crippen LogP contribution in [0.1, 0.15) is 12.8 Å². The Labute approximate surface area is 78.8 Å². The summed E-state index contributed by atoms with van der Waals surface area (Å²) in [4.78, 5) is 0. The molecule has 1 fully saturated rings. The average Bonchev–Trinajstić information content (AvgIpc) is 2.09. The molecule has 0 radical (unpaired) electrons. The van der Waals surface area contributed by atoms with Crippen LogP contribution in [-0.4, -0.2) is 38.5 Å². The van der Waals surface area contributed by atoms with Crippen LogP contribution in [0.2, 0.25) is 0 Å². The first-order chi connectivity index (χ1) is 5.84. The normalized spacial score (nSPS) is 30.5. The van der Waals surface area contributed by atoms with Gasteiger partial charge in [-0.15, -0.1) is 0 Å². The fourth-order valence-corrected chi connectivity index (χ4v) is 1.59. The summed E-state index contributed by atoms with van der Waals surface area (Å²) in [6.45, 7) is 1.75. The van der Waals surface area contributed by atoms with Gasteiger partial charge in [-0.25, -0.2) is 0 Å². The third-order valence-electron chi connectivity index (χ3n) is 1.89. The second-order valence-electron chi connectivity index (χ2n) is 2.90. The smallest absolute Gasteiger partial charge is 0.146 e. The fraction of sp³-hybridized carbons (Fsp3) is 1.00. The molecule has 0 bridgehead atoms. The minimum atomic E-state index is 0.136. The van der Waals surface area contributed by atoms with Gasteiger partial charge in [0.1, 0.15) is 6.79 Å². The molecule has 0 aromatic heterocycles. The largest absolute Gasteiger partial charge is 0.375 e. The molecule has 1 aliphatic heterocycles. The Morgan fingerprint density at radius 2 is 2.42 bits per heavy atom. The van der Waals surface area contributed by atoms with E-state index in [0.717, 1.165) is 19.4 Å². The van der Waals surface area contributed by atoms with E-state index in [1.165, 1.54) is 0 Å². The number of hydrogen-bond donors (Lipinski definition) is 1. The molecule has 0 N–H and O–H groups in total. The maximum atomic E-state index is 5.48. The van der Waals surface area contributed by atoms with E-state index < -0.39 is 0 Å². The molecule has 12 heavy (non-hydrogen) atoms. The van der Waals surface area contributed by atoms with E-state index in [4.69, 9.17) is 14.2 Å². The molecule has 2 atom stereocenters. The Hall–Kier alpha value is 0.230. The molecule has 0 aromatic carbocycles. The lowest BCUT2D eigenvalue weighted by Gasteiger charge is -2.27. The third kappa shape index (κ3) is 3.31. The highest BCUT2D eigenvalue weighted by Crippen LogP contribution is 2.18. The zero-order chi connectivity index (χ0) is 8.81. The summed E-state index contributed by atoms with van der Waals surface area (Å²) in [5, 5.41) is 0.315. The Balaban J connectivity index is 2.11. The monoisotopic (exact) mass is 192 g/mol. The Bertz CT molecular complexity index is 121. The maximum absolute atomic E-state index is 5.48. The van der Waals surface area contributed by atoms with Crippen molar-refractivity contribution >= 4 is 12.6 Å². The summed E-state index contributed by atoms with van der Waals surface area (Å²) in [5.41, 5.74) is 0. The number of methoxy groups -OCH3 is 1. The lowest BCUT2D eigenvalue weighted by molar-refractivity contribution is -0.0879. The van der Waals surface area contributed by atoms with Crippen LogP contribution in [0.3, 0.4) is 0 Å². The van der Waals surface area contributed by atoms with Gasteiger partial charge in [0.25, 0.3) is 0 Å². The van der Waals surface area contributed by atoms with Crippen molar-refractivity contribution in [2.75, 3.05) is 27.1 Å². The molecule has 0 saturated carbocycles. The zero-order valence-electron chi connectivity index (χ0n) is 7.36. The van der Waals surface area contributed by atoms with E-state index >= 15 is 0 Å². The maximum Gasteiger partial charge on any atom is 0.146 e. The first-order valence-electron chi connectivity index (χ1n) is 4.21. The molecular formula is C8H16O3S. The van der Waals surface area contributed by atoms with Crippen LogP contribution >= 0.6 is 12.6 Å². The van der Waals surface area contributed by atoms with Crippen molar-refractivity contribution in [3.05, 3.63) is 0 Å². The number of hydrogen-bond acceptors (Lipinski definition) is 4. The van der Waals surface area contributed by atoms with Gasteiger partial charge in [-0.1, -0.05) is 0 Å². The van der Waals surface area contributed by atoms with Gasteiger partial charge in [0.2, 0.25) is 0 Å². The van der Waals surface area contributed by atoms with Crippen LogP contribution in [0.25, 0.3) is 0 Å². The lowest BCUT2D eigenvalue weighted by Crippen LogP contribution is -2.34. The van der Waals surface area contributed by atoms with E-state index in [1.54, 1.807) is 7.11 Å². The van der Waals surface area contributed by atoms with E-state index in [9.17, 15) is 0 Å². The molecule has 0 unspecified atom stereocenters. The lowest BCUT2D eigenvalue weighted by atomic mass is 10.1. The van der Waals surface area contributed by atoms with Crippen molar-refractivity contribution in [2.24, 2.45) is 0 Å². The Morgan fingerprint density at radius 1 is 1.58 bits per heavy atom. The van der Waals surface area contributed by atoms with Crippen LogP contribution in [0.5, 0.6) is 0 Å². The van der Waals surface area contributed by atoms with Gasteiger partial charge in [0.05, 0.1) is 12.7 Å². The van der Waals surface area contributed by atoms with E-state index in [2.05, 4.69) is 12.6 Å². The van der Waals surface area contributed by atoms with Gasteiger partial charge in [-0.05, 0) is 12.8 Å². The third-order valence-corrected chi connectivity index (χ3v) is 2.48. The van der Waals surface area contributed by atoms with E-state index in [0.29, 0.717) is 18.6 Å². The zero-order valence-corrected chi connectivity index (χ0v) is 8.26. The minimum Gasteiger partial charge on any atom is -0.375 e. The van der Waals surface area contributed by atoms with Gasteiger partial charge in [0.15, 0.2) is 0 Å². The van der Waals surface area contributed by atoms with Crippen molar-refractivity contribution in [1.82, 2.24) is 0 Å². The molecular weight excluding hydrogens is 176 g/mol. The van der Waals surface area contributed by atoms with Gasteiger partial charge >= 0.3 is 0 Å². The highest BCUT2D eigenvalue weighted by molar-refractivity contribution is 7.81. The van der Waals surface area contributed by atoms with Gasteiger partial charge in [-0.2, -0.15) is 12.6 Å². The Kier molecular flexibility index (Phi) is 4.99. The van der Waals surface area contributed by atoms with Crippen LogP contribution in [0, 0.1) is 0 Å². The first-order valence-corrected chi connectivity index (χ1v) is 4.72. The predicted octanol–water partition coefficient (Wildman–Crippen LogP) is 1.08. The second kappa shape index (κ2) is 5.80. The highest BCUT2D eigenvalue weighted by Gasteiger charge is 2.22. The van der Waals surface area contributed by atoms with E-state index in [1.807, 2.05) is 0 Å². The minimum absolute atomic E-state index is 0.136. The second-order valence-corrected chi connectivity index (χ2v) is 3.56. The summed E-state index contributed by atoms with van der Waals surface area (Å²) in [5.74, 6) is 0. The summed E-state index contributed by atoms with van der Waals surface area (Å²) in [6, 6.07) is 0. The predicted molar refractivity (Wildman–Crippen MR) is 49.6 cm³/mol. The quantitative estimate of drug-likeness (QED) is 0.410. The summed E-state index contributed by atoms with van der Waals surface area (Å²) in [6.07, 6.45) is 2.36. The molecule has 0 amide bonds. The molecule has 0 aromatic rings. The van der Waals surface area contributed by atoms with Crippen molar-refractivity contribution in [2.45, 2.75) is 24.2 Å². The van der Waals surface area contributed by atoms with Crippen molar-refractivity contribution in [1.29, 1.82) is 0 Å². The molecule has 4 heteroatoms. The first kappa shape index (κ1) is 10.3. The molecule has 0 aliphatic carbocycles. The Morgan fingerprint density at radius 3 is 3.08 bits per heavy atom. The summed E-state index contributed by atoms with van der Waals surface area (Å²) >= 11 is 4.41. The fourth-order valence-electron chi connectivity index (χ4n) is 1.23. The van der Waals surface area contributed by atoms with E-state index in [-0.39, 0.29) is 6.10 Å². The molecule has 1 saturated heterocycles. The van der Waals surface area contributed by atoms with Crippen LogP contribution in [0.15, 0.2) is 0 Å². The number of rotatable bonds is 4. The highest BCUT2D eigenvalue weighted by atomic mass is 32.1. The molecule has 1 rings (SSSR count). The van der Waals surface area contributed by atoms with Gasteiger partial charge in [0, 0.05) is 19.0 Å². The van der Waals surface area contributed by atoms with Crippen LogP contribution in [-0.2, 0) is 14.2 Å². The van der Waals surface area contributed by atoms with Gasteiger partial charge < -0.3 is 14.2 Å². The van der Waals surface area contributed by atoms with Crippen LogP contribution in [0.4, 0.5) is 0 Å². The number of ether oxygens (including phenoxy) is 3. The molecule has 72 valence electrons. The van der Waals surface area contributed by atoms with Crippen molar-refractivity contribution in [3.8, 4) is 0 Å². The van der Waals surface area contributed by atoms with Gasteiger partial charge in [-0.3, -0.25) is 0 Å². The standard InChI is InChI=1S/C8H16O3S/c1-9-6-10-5-7-8(12)3-2-4-11-7/h7-8,12H,2-6H2,1H3/t7-,8-/m1/s1. The summed E-state index contributed by atoms with van der Waals surface area (Å²) < 4.78 is 15.4. The summed E-state index contributed by atoms with van der Waals surface area (Å²) in [7, 11) is 1.61. The molecule has 3 nitrogen and oxygen atoms in total. The topological polar surface area (TPSA) is 27.7 Å².